The van der Waals surface area contributed by atoms with E-state index in [-0.39, 0.29) is 30.2 Å². The molecular weight excluding hydrogens is 311 g/mol. The lowest BCUT2D eigenvalue weighted by Crippen LogP contribution is -2.39. The number of nitrogens with zero attached hydrogens (tertiary/aromatic N) is 1. The van der Waals surface area contributed by atoms with Gasteiger partial charge in [-0.25, -0.2) is 4.39 Å². The molecule has 0 saturated heterocycles. The van der Waals surface area contributed by atoms with Crippen molar-refractivity contribution in [1.29, 1.82) is 0 Å². The lowest BCUT2D eigenvalue weighted by atomic mass is 10.2. The molecule has 0 aliphatic rings. The summed E-state index contributed by atoms with van der Waals surface area (Å²) in [5, 5.41) is 0. The van der Waals surface area contributed by atoms with Gasteiger partial charge in [-0.2, -0.15) is 0 Å². The average molecular weight is 329 g/mol. The minimum absolute atomic E-state index is 0. The van der Waals surface area contributed by atoms with Gasteiger partial charge in [-0.3, -0.25) is 4.79 Å². The Balaban J connectivity index is 0.00000220. The van der Waals surface area contributed by atoms with Crippen LogP contribution in [-0.2, 0) is 0 Å². The number of nitrogens with two attached hydrogens (primary N) is 1. The normalized spacial score (nSPS) is 11.6. The van der Waals surface area contributed by atoms with Gasteiger partial charge in [-0.1, -0.05) is 12.1 Å². The second kappa shape index (κ2) is 7.54. The highest BCUT2D eigenvalue weighted by molar-refractivity contribution is 7.17. The summed E-state index contributed by atoms with van der Waals surface area (Å²) in [5.74, 6) is -0.306. The van der Waals surface area contributed by atoms with Crippen molar-refractivity contribution < 1.29 is 9.18 Å². The molecule has 1 unspecified atom stereocenters. The summed E-state index contributed by atoms with van der Waals surface area (Å²) in [4.78, 5) is 15.5. The van der Waals surface area contributed by atoms with Crippen molar-refractivity contribution >= 4 is 29.7 Å². The Kier molecular flexibility index (Phi) is 6.33. The minimum atomic E-state index is -0.266. The molecule has 2 rings (SSSR count). The van der Waals surface area contributed by atoms with Crippen molar-refractivity contribution in [3.05, 3.63) is 47.1 Å². The maximum atomic E-state index is 12.9. The summed E-state index contributed by atoms with van der Waals surface area (Å²) >= 11 is 1.40. The SMILES string of the molecule is CC(CN)N(C)C(=O)c1ccc(-c2ccc(F)cc2)s1.Cl. The van der Waals surface area contributed by atoms with E-state index in [0.29, 0.717) is 11.4 Å². The first-order valence-corrected chi connectivity index (χ1v) is 7.17. The molecule has 0 aliphatic carbocycles. The van der Waals surface area contributed by atoms with E-state index in [2.05, 4.69) is 0 Å². The van der Waals surface area contributed by atoms with Crippen molar-refractivity contribution in [1.82, 2.24) is 4.90 Å². The monoisotopic (exact) mass is 328 g/mol. The number of carbonyl (C=O) groups excluding carboxylic acids is 1. The molecule has 21 heavy (non-hydrogen) atoms. The molecule has 0 bridgehead atoms. The predicted octanol–water partition coefficient (Wildman–Crippen LogP) is 3.40. The van der Waals surface area contributed by atoms with Crippen molar-refractivity contribution in [3.8, 4) is 10.4 Å². The number of halogens is 2. The molecule has 0 spiro atoms. The quantitative estimate of drug-likeness (QED) is 0.935. The molecule has 6 heteroatoms. The van der Waals surface area contributed by atoms with Gasteiger partial charge in [-0.05, 0) is 36.8 Å². The van der Waals surface area contributed by atoms with Crippen LogP contribution in [-0.4, -0.2) is 30.4 Å². The highest BCUT2D eigenvalue weighted by atomic mass is 35.5. The van der Waals surface area contributed by atoms with Crippen molar-refractivity contribution in [2.75, 3.05) is 13.6 Å². The van der Waals surface area contributed by atoms with Gasteiger partial charge < -0.3 is 10.6 Å². The Morgan fingerprint density at radius 2 is 1.90 bits per heavy atom. The zero-order valence-corrected chi connectivity index (χ0v) is 13.5. The molecule has 1 atom stereocenters. The highest BCUT2D eigenvalue weighted by Crippen LogP contribution is 2.29. The first kappa shape index (κ1) is 17.6. The van der Waals surface area contributed by atoms with E-state index >= 15 is 0 Å². The van der Waals surface area contributed by atoms with Gasteiger partial charge in [0.2, 0.25) is 0 Å². The van der Waals surface area contributed by atoms with E-state index in [0.717, 1.165) is 10.4 Å². The Morgan fingerprint density at radius 1 is 1.29 bits per heavy atom. The first-order valence-electron chi connectivity index (χ1n) is 6.36. The van der Waals surface area contributed by atoms with Crippen LogP contribution in [0.2, 0.25) is 0 Å². The smallest absolute Gasteiger partial charge is 0.263 e. The van der Waals surface area contributed by atoms with Crippen LogP contribution in [0.15, 0.2) is 36.4 Å². The third-order valence-corrected chi connectivity index (χ3v) is 4.39. The molecule has 1 amide bonds. The first-order chi connectivity index (χ1) is 9.52. The van der Waals surface area contributed by atoms with Crippen LogP contribution in [0.3, 0.4) is 0 Å². The van der Waals surface area contributed by atoms with Gasteiger partial charge >= 0.3 is 0 Å². The van der Waals surface area contributed by atoms with Gasteiger partial charge in [0, 0.05) is 24.5 Å². The van der Waals surface area contributed by atoms with Crippen molar-refractivity contribution in [2.45, 2.75) is 13.0 Å². The number of benzene rings is 1. The predicted molar refractivity (Wildman–Crippen MR) is 87.6 cm³/mol. The maximum Gasteiger partial charge on any atom is 0.263 e. The van der Waals surface area contributed by atoms with Crippen LogP contribution >= 0.6 is 23.7 Å². The summed E-state index contributed by atoms with van der Waals surface area (Å²) < 4.78 is 12.9. The fourth-order valence-electron chi connectivity index (χ4n) is 1.75. The van der Waals surface area contributed by atoms with Gasteiger partial charge in [0.15, 0.2) is 0 Å². The van der Waals surface area contributed by atoms with Crippen LogP contribution in [0.5, 0.6) is 0 Å². The molecule has 2 aromatic rings. The zero-order chi connectivity index (χ0) is 14.7. The molecular formula is C15H18ClFN2OS. The van der Waals surface area contributed by atoms with Crippen molar-refractivity contribution in [3.63, 3.8) is 0 Å². The van der Waals surface area contributed by atoms with Gasteiger partial charge in [0.1, 0.15) is 5.82 Å². The van der Waals surface area contributed by atoms with Gasteiger partial charge in [0.05, 0.1) is 4.88 Å². The number of hydrogen-bond acceptors (Lipinski definition) is 3. The highest BCUT2D eigenvalue weighted by Gasteiger charge is 2.18. The van der Waals surface area contributed by atoms with E-state index in [1.54, 1.807) is 30.1 Å². The Hall–Kier alpha value is -1.43. The van der Waals surface area contributed by atoms with Crippen LogP contribution in [0.25, 0.3) is 10.4 Å². The molecule has 1 aromatic heterocycles. The van der Waals surface area contributed by atoms with E-state index in [9.17, 15) is 9.18 Å². The topological polar surface area (TPSA) is 46.3 Å². The number of likely N-dealkylation sites (N-methyl/N-ethyl adjacent to an activating group) is 1. The third kappa shape index (κ3) is 4.03. The zero-order valence-electron chi connectivity index (χ0n) is 11.9. The van der Waals surface area contributed by atoms with E-state index in [4.69, 9.17) is 5.73 Å². The minimum Gasteiger partial charge on any atom is -0.337 e. The maximum absolute atomic E-state index is 12.9. The Labute approximate surface area is 134 Å². The molecule has 0 fully saturated rings. The van der Waals surface area contributed by atoms with Crippen LogP contribution in [0.1, 0.15) is 16.6 Å². The average Bonchev–Trinajstić information content (AvgIpc) is 2.95. The number of rotatable bonds is 4. The molecule has 3 nitrogen and oxygen atoms in total. The number of hydrogen-bond donors (Lipinski definition) is 1. The van der Waals surface area contributed by atoms with Crippen molar-refractivity contribution in [2.24, 2.45) is 5.73 Å². The molecule has 0 saturated carbocycles. The summed E-state index contributed by atoms with van der Waals surface area (Å²) in [6.07, 6.45) is 0. The van der Waals surface area contributed by atoms with E-state index < -0.39 is 0 Å². The number of thiophene rings is 1. The second-order valence-electron chi connectivity index (χ2n) is 4.67. The van der Waals surface area contributed by atoms with Crippen LogP contribution < -0.4 is 5.73 Å². The van der Waals surface area contributed by atoms with E-state index in [1.165, 1.54) is 23.5 Å². The summed E-state index contributed by atoms with van der Waals surface area (Å²) in [5.41, 5.74) is 6.48. The number of amides is 1. The number of carbonyl (C=O) groups is 1. The van der Waals surface area contributed by atoms with Gasteiger partial charge in [-0.15, -0.1) is 23.7 Å². The fraction of sp³-hybridized carbons (Fsp3) is 0.267. The third-order valence-electron chi connectivity index (χ3n) is 3.27. The molecule has 114 valence electrons. The molecule has 1 heterocycles. The Morgan fingerprint density at radius 3 is 2.48 bits per heavy atom. The standard InChI is InChI=1S/C15H17FN2OS.ClH/c1-10(9-17)18(2)15(19)14-8-7-13(20-14)11-3-5-12(16)6-4-11;/h3-8,10H,9,17H2,1-2H3;1H. The Bertz CT molecular complexity index is 600. The lowest BCUT2D eigenvalue weighted by Gasteiger charge is -2.22. The van der Waals surface area contributed by atoms with Gasteiger partial charge in [0.25, 0.3) is 5.91 Å². The van der Waals surface area contributed by atoms with Crippen LogP contribution in [0.4, 0.5) is 4.39 Å². The lowest BCUT2D eigenvalue weighted by molar-refractivity contribution is 0.0753. The summed E-state index contributed by atoms with van der Waals surface area (Å²) in [7, 11) is 1.75. The largest absolute Gasteiger partial charge is 0.337 e. The summed E-state index contributed by atoms with van der Waals surface area (Å²) in [6, 6.07) is 9.93. The molecule has 2 N–H and O–H groups in total. The molecule has 1 aromatic carbocycles. The fourth-order valence-corrected chi connectivity index (χ4v) is 2.75. The van der Waals surface area contributed by atoms with Crippen LogP contribution in [0, 0.1) is 5.82 Å². The second-order valence-corrected chi connectivity index (χ2v) is 5.76. The summed E-state index contributed by atoms with van der Waals surface area (Å²) in [6.45, 7) is 2.34. The molecule has 0 aliphatic heterocycles. The molecule has 0 radical (unpaired) electrons. The van der Waals surface area contributed by atoms with E-state index in [1.807, 2.05) is 13.0 Å².